The Kier molecular flexibility index (Phi) is 12.0. The van der Waals surface area contributed by atoms with Crippen molar-refractivity contribution in [3.05, 3.63) is 0 Å². The van der Waals surface area contributed by atoms with Crippen molar-refractivity contribution in [1.29, 1.82) is 0 Å². The molecule has 0 aromatic carbocycles. The Labute approximate surface area is 136 Å². The number of halogens is 3. The molecule has 0 bridgehead atoms. The van der Waals surface area contributed by atoms with E-state index in [-0.39, 0.29) is 17.6 Å². The first-order chi connectivity index (χ1) is 10.0. The molecule has 0 saturated heterocycles. The van der Waals surface area contributed by atoms with Gasteiger partial charge in [0.1, 0.15) is 6.04 Å². The van der Waals surface area contributed by atoms with Gasteiger partial charge in [-0.15, -0.1) is 0 Å². The summed E-state index contributed by atoms with van der Waals surface area (Å²) in [6, 6.07) is -1.01. The van der Waals surface area contributed by atoms with Crippen LogP contribution in [0.1, 0.15) is 0 Å². The fourth-order valence-corrected chi connectivity index (χ4v) is 1.55. The molecule has 0 fully saturated rings. The number of hydrogen-bond acceptors (Lipinski definition) is 6. The van der Waals surface area contributed by atoms with Crippen molar-refractivity contribution >= 4 is 43.0 Å². The first kappa shape index (κ1) is 23.1. The normalized spacial score (nSPS) is 13.2. The SMILES string of the molecule is CNC(=O)[C@@H](CS)NC(=O)[C@@H](CS)NC.O=C(O)C(F)(F)F. The van der Waals surface area contributed by atoms with Crippen LogP contribution in [0.5, 0.6) is 0 Å². The highest BCUT2D eigenvalue weighted by molar-refractivity contribution is 7.80. The molecule has 0 radical (unpaired) electrons. The molecular formula is C10H18F3N3O4S2. The largest absolute Gasteiger partial charge is 0.490 e. The van der Waals surface area contributed by atoms with Crippen LogP contribution in [0, 0.1) is 0 Å². The third-order valence-corrected chi connectivity index (χ3v) is 2.88. The maximum atomic E-state index is 11.6. The van der Waals surface area contributed by atoms with Crippen molar-refractivity contribution in [2.24, 2.45) is 0 Å². The lowest BCUT2D eigenvalue weighted by atomic mass is 10.2. The van der Waals surface area contributed by atoms with Gasteiger partial charge >= 0.3 is 12.1 Å². The van der Waals surface area contributed by atoms with Gasteiger partial charge in [-0.3, -0.25) is 9.59 Å². The van der Waals surface area contributed by atoms with Crippen LogP contribution in [-0.2, 0) is 14.4 Å². The topological polar surface area (TPSA) is 108 Å². The standard InChI is InChI=1S/C8H17N3O2S2.C2HF3O2/c1-9-5(3-14)8(13)11-6(4-15)7(12)10-2;3-2(4,5)1(6)7/h5-6,9,14-15H,3-4H2,1-2H3,(H,10,12)(H,11,13);(H,6,7)/t5-,6-;/m1./s1. The number of rotatable bonds is 6. The van der Waals surface area contributed by atoms with Gasteiger partial charge in [0.2, 0.25) is 11.8 Å². The summed E-state index contributed by atoms with van der Waals surface area (Å²) in [7, 11) is 3.18. The molecule has 2 amide bonds. The van der Waals surface area contributed by atoms with E-state index >= 15 is 0 Å². The minimum atomic E-state index is -5.08. The van der Waals surface area contributed by atoms with Crippen molar-refractivity contribution in [3.8, 4) is 0 Å². The van der Waals surface area contributed by atoms with Crippen molar-refractivity contribution < 1.29 is 32.7 Å². The van der Waals surface area contributed by atoms with Crippen LogP contribution in [0.4, 0.5) is 13.2 Å². The maximum absolute atomic E-state index is 11.6. The Bertz CT molecular complexity index is 379. The van der Waals surface area contributed by atoms with E-state index in [9.17, 15) is 22.8 Å². The minimum absolute atomic E-state index is 0.254. The Morgan fingerprint density at radius 3 is 1.68 bits per heavy atom. The number of carbonyl (C=O) groups excluding carboxylic acids is 2. The van der Waals surface area contributed by atoms with Crippen LogP contribution in [0.3, 0.4) is 0 Å². The highest BCUT2D eigenvalue weighted by Crippen LogP contribution is 2.13. The van der Waals surface area contributed by atoms with Gasteiger partial charge in [-0.05, 0) is 7.05 Å². The van der Waals surface area contributed by atoms with Gasteiger partial charge in [-0.1, -0.05) is 0 Å². The van der Waals surface area contributed by atoms with Gasteiger partial charge in [0.15, 0.2) is 0 Å². The molecule has 0 aromatic heterocycles. The van der Waals surface area contributed by atoms with E-state index in [4.69, 9.17) is 9.90 Å². The van der Waals surface area contributed by atoms with E-state index in [2.05, 4.69) is 41.2 Å². The van der Waals surface area contributed by atoms with E-state index in [1.807, 2.05) is 0 Å². The van der Waals surface area contributed by atoms with Crippen LogP contribution in [0.2, 0.25) is 0 Å². The van der Waals surface area contributed by atoms with Crippen molar-refractivity contribution in [2.45, 2.75) is 18.3 Å². The molecule has 4 N–H and O–H groups in total. The number of carbonyl (C=O) groups is 3. The Morgan fingerprint density at radius 1 is 1.05 bits per heavy atom. The molecule has 12 heteroatoms. The van der Waals surface area contributed by atoms with Gasteiger partial charge in [-0.25, -0.2) is 4.79 Å². The fraction of sp³-hybridized carbons (Fsp3) is 0.700. The minimum Gasteiger partial charge on any atom is -0.475 e. The highest BCUT2D eigenvalue weighted by atomic mass is 32.1. The molecule has 0 rings (SSSR count). The second-order valence-corrected chi connectivity index (χ2v) is 4.42. The lowest BCUT2D eigenvalue weighted by molar-refractivity contribution is -0.192. The lowest BCUT2D eigenvalue weighted by Gasteiger charge is -2.19. The van der Waals surface area contributed by atoms with Crippen LogP contribution in [0.15, 0.2) is 0 Å². The maximum Gasteiger partial charge on any atom is 0.490 e. The highest BCUT2D eigenvalue weighted by Gasteiger charge is 2.38. The Balaban J connectivity index is 0. The number of alkyl halides is 3. The smallest absolute Gasteiger partial charge is 0.475 e. The first-order valence-corrected chi connectivity index (χ1v) is 7.02. The number of aliphatic carboxylic acids is 1. The second kappa shape index (κ2) is 11.4. The van der Waals surface area contributed by atoms with Crippen molar-refractivity contribution in [3.63, 3.8) is 0 Å². The average molecular weight is 365 g/mol. The zero-order chi connectivity index (χ0) is 17.9. The molecular weight excluding hydrogens is 347 g/mol. The molecule has 0 aromatic rings. The molecule has 7 nitrogen and oxygen atoms in total. The van der Waals surface area contributed by atoms with Gasteiger partial charge in [0.05, 0.1) is 6.04 Å². The van der Waals surface area contributed by atoms with Crippen LogP contribution in [0.25, 0.3) is 0 Å². The second-order valence-electron chi connectivity index (χ2n) is 3.68. The third kappa shape index (κ3) is 9.73. The predicted octanol–water partition coefficient (Wildman–Crippen LogP) is -0.702. The molecule has 0 aliphatic heterocycles. The summed E-state index contributed by atoms with van der Waals surface area (Å²) in [5, 5.41) is 15.0. The molecule has 0 unspecified atom stereocenters. The summed E-state index contributed by atoms with van der Waals surface area (Å²) in [6.45, 7) is 0. The number of carboxylic acid groups (broad SMARTS) is 1. The van der Waals surface area contributed by atoms with E-state index in [0.29, 0.717) is 5.75 Å². The first-order valence-electron chi connectivity index (χ1n) is 5.76. The number of amides is 2. The molecule has 0 heterocycles. The zero-order valence-electron chi connectivity index (χ0n) is 11.8. The summed E-state index contributed by atoms with van der Waals surface area (Å²) in [6.07, 6.45) is -5.08. The molecule has 2 atom stereocenters. The zero-order valence-corrected chi connectivity index (χ0v) is 13.6. The molecule has 0 saturated carbocycles. The van der Waals surface area contributed by atoms with Gasteiger partial charge < -0.3 is 21.1 Å². The van der Waals surface area contributed by atoms with Gasteiger partial charge in [0, 0.05) is 18.6 Å². The molecule has 130 valence electrons. The average Bonchev–Trinajstić information content (AvgIpc) is 2.44. The number of thiol groups is 2. The van der Waals surface area contributed by atoms with E-state index in [0.717, 1.165) is 0 Å². The van der Waals surface area contributed by atoms with Crippen LogP contribution >= 0.6 is 25.3 Å². The van der Waals surface area contributed by atoms with Crippen LogP contribution in [-0.4, -0.2) is 66.8 Å². The molecule has 22 heavy (non-hydrogen) atoms. The quantitative estimate of drug-likeness (QED) is 0.349. The predicted molar refractivity (Wildman–Crippen MR) is 80.2 cm³/mol. The summed E-state index contributed by atoms with van der Waals surface area (Å²) in [4.78, 5) is 31.7. The number of nitrogens with one attached hydrogen (secondary N) is 3. The summed E-state index contributed by atoms with van der Waals surface area (Å²) >= 11 is 8.01. The number of likely N-dealkylation sites (N-methyl/N-ethyl adjacent to an activating group) is 2. The van der Waals surface area contributed by atoms with Gasteiger partial charge in [-0.2, -0.15) is 38.4 Å². The molecule has 0 aliphatic carbocycles. The summed E-state index contributed by atoms with van der Waals surface area (Å²) in [5.41, 5.74) is 0. The van der Waals surface area contributed by atoms with E-state index in [1.54, 1.807) is 7.05 Å². The third-order valence-electron chi connectivity index (χ3n) is 2.15. The monoisotopic (exact) mass is 365 g/mol. The summed E-state index contributed by atoms with van der Waals surface area (Å²) in [5.74, 6) is -2.64. The lowest BCUT2D eigenvalue weighted by Crippen LogP contribution is -2.53. The van der Waals surface area contributed by atoms with Crippen molar-refractivity contribution in [2.75, 3.05) is 25.6 Å². The van der Waals surface area contributed by atoms with E-state index in [1.165, 1.54) is 7.05 Å². The number of hydrogen-bond donors (Lipinski definition) is 6. The fourth-order valence-electron chi connectivity index (χ4n) is 0.946. The molecule has 0 aliphatic rings. The Morgan fingerprint density at radius 2 is 1.45 bits per heavy atom. The van der Waals surface area contributed by atoms with E-state index < -0.39 is 24.2 Å². The van der Waals surface area contributed by atoms with Crippen LogP contribution < -0.4 is 16.0 Å². The Hall–Kier alpha value is -1.14. The number of carboxylic acids is 1. The van der Waals surface area contributed by atoms with Crippen molar-refractivity contribution in [1.82, 2.24) is 16.0 Å². The molecule has 0 spiro atoms. The summed E-state index contributed by atoms with van der Waals surface area (Å²) < 4.78 is 31.7. The van der Waals surface area contributed by atoms with Gasteiger partial charge in [0.25, 0.3) is 0 Å².